The van der Waals surface area contributed by atoms with Gasteiger partial charge < -0.3 is 19.5 Å². The lowest BCUT2D eigenvalue weighted by molar-refractivity contribution is -0.133. The van der Waals surface area contributed by atoms with E-state index < -0.39 is 5.97 Å². The number of carboxylic acids is 1. The van der Waals surface area contributed by atoms with Gasteiger partial charge in [0.05, 0.1) is 5.57 Å². The first kappa shape index (κ1) is 15.9. The Labute approximate surface area is 103 Å². The first-order valence-electron chi connectivity index (χ1n) is 5.67. The maximum absolute atomic E-state index is 11.1. The van der Waals surface area contributed by atoms with Gasteiger partial charge in [0.1, 0.15) is 12.5 Å². The Balaban J connectivity index is 5.40. The zero-order valence-corrected chi connectivity index (χ0v) is 11.5. The maximum Gasteiger partial charge on any atom is 0.333 e. The summed E-state index contributed by atoms with van der Waals surface area (Å²) in [5, 5.41) is 9.08. The number of ether oxygens (including phenoxy) is 2. The van der Waals surface area contributed by atoms with Crippen molar-refractivity contribution < 1.29 is 19.4 Å². The Morgan fingerprint density at radius 1 is 1.24 bits per heavy atom. The number of hydrogen-bond acceptors (Lipinski definition) is 4. The van der Waals surface area contributed by atoms with Gasteiger partial charge in [-0.2, -0.15) is 0 Å². The molecule has 100 valence electrons. The predicted octanol–water partition coefficient (Wildman–Crippen LogP) is 2.04. The molecule has 0 fully saturated rings. The van der Waals surface area contributed by atoms with Crippen molar-refractivity contribution in [3.63, 3.8) is 0 Å². The summed E-state index contributed by atoms with van der Waals surface area (Å²) < 4.78 is 10.5. The van der Waals surface area contributed by atoms with Crippen molar-refractivity contribution in [3.8, 4) is 0 Å². The second-order valence-corrected chi connectivity index (χ2v) is 3.81. The molecule has 5 heteroatoms. The van der Waals surface area contributed by atoms with E-state index in [9.17, 15) is 4.79 Å². The minimum absolute atomic E-state index is 0.241. The van der Waals surface area contributed by atoms with Crippen LogP contribution in [-0.4, -0.2) is 42.7 Å². The zero-order valence-electron chi connectivity index (χ0n) is 11.5. The van der Waals surface area contributed by atoms with E-state index in [1.165, 1.54) is 0 Å². The van der Waals surface area contributed by atoms with Crippen LogP contribution in [0.4, 0.5) is 0 Å². The molecule has 0 radical (unpaired) electrons. The molecule has 1 N–H and O–H groups in total. The summed E-state index contributed by atoms with van der Waals surface area (Å²) in [4.78, 5) is 12.9. The maximum atomic E-state index is 11.1. The predicted molar refractivity (Wildman–Crippen MR) is 65.4 cm³/mol. The van der Waals surface area contributed by atoms with Gasteiger partial charge in [-0.1, -0.05) is 6.92 Å². The van der Waals surface area contributed by atoms with E-state index in [2.05, 4.69) is 0 Å². The van der Waals surface area contributed by atoms with Crippen LogP contribution in [0.2, 0.25) is 0 Å². The molecular weight excluding hydrogens is 222 g/mol. The Hall–Kier alpha value is -1.07. The van der Waals surface area contributed by atoms with Gasteiger partial charge in [-0.3, -0.25) is 0 Å². The number of hydrogen-bond donors (Lipinski definition) is 1. The fraction of sp³-hybridized carbons (Fsp3) is 0.750. The minimum atomic E-state index is -0.918. The minimum Gasteiger partial charge on any atom is -0.478 e. The summed E-state index contributed by atoms with van der Waals surface area (Å²) >= 11 is 0. The number of aliphatic carboxylic acids is 1. The quantitative estimate of drug-likeness (QED) is 0.549. The van der Waals surface area contributed by atoms with Crippen LogP contribution in [0.15, 0.2) is 11.3 Å². The molecule has 0 aromatic heterocycles. The van der Waals surface area contributed by atoms with Crippen molar-refractivity contribution in [1.29, 1.82) is 0 Å². The highest BCUT2D eigenvalue weighted by atomic mass is 16.5. The van der Waals surface area contributed by atoms with Crippen LogP contribution in [0.5, 0.6) is 0 Å². The van der Waals surface area contributed by atoms with Crippen LogP contribution in [0.1, 0.15) is 34.1 Å². The third-order valence-electron chi connectivity index (χ3n) is 2.87. The lowest BCUT2D eigenvalue weighted by atomic mass is 10.1. The van der Waals surface area contributed by atoms with Crippen molar-refractivity contribution in [1.82, 2.24) is 4.90 Å². The lowest BCUT2D eigenvalue weighted by Crippen LogP contribution is -2.42. The van der Waals surface area contributed by atoms with E-state index in [0.717, 1.165) is 5.70 Å². The average molecular weight is 245 g/mol. The van der Waals surface area contributed by atoms with Crippen LogP contribution in [0.25, 0.3) is 0 Å². The Morgan fingerprint density at radius 2 is 1.65 bits per heavy atom. The van der Waals surface area contributed by atoms with Gasteiger partial charge in [-0.05, 0) is 27.2 Å². The molecular formula is C12H23NO4. The molecule has 0 rings (SSSR count). The van der Waals surface area contributed by atoms with Gasteiger partial charge in [-0.25, -0.2) is 4.79 Å². The van der Waals surface area contributed by atoms with Crippen molar-refractivity contribution >= 4 is 5.97 Å². The van der Waals surface area contributed by atoms with Crippen molar-refractivity contribution in [3.05, 3.63) is 11.3 Å². The number of rotatable bonds is 7. The normalized spacial score (nSPS) is 16.1. The van der Waals surface area contributed by atoms with E-state index in [4.69, 9.17) is 14.6 Å². The van der Waals surface area contributed by atoms with Crippen molar-refractivity contribution in [2.45, 2.75) is 46.6 Å². The Kier molecular flexibility index (Phi) is 6.83. The fourth-order valence-electron chi connectivity index (χ4n) is 1.73. The topological polar surface area (TPSA) is 59.0 Å². The molecule has 0 aromatic rings. The van der Waals surface area contributed by atoms with Crippen LogP contribution in [0.3, 0.4) is 0 Å². The average Bonchev–Trinajstić information content (AvgIpc) is 2.32. The van der Waals surface area contributed by atoms with Crippen molar-refractivity contribution in [2.75, 3.05) is 14.2 Å². The summed E-state index contributed by atoms with van der Waals surface area (Å²) in [6.07, 6.45) is 0.128. The molecule has 0 amide bonds. The standard InChI is InChI=1S/C12H23NO4/c1-7-11(8(2)12(14)15)13(9(3)16-5)10(4)17-6/h9-10H,7H2,1-6H3,(H,14,15)/b11-8+. The molecule has 17 heavy (non-hydrogen) atoms. The number of methoxy groups -OCH3 is 2. The molecule has 0 aliphatic rings. The zero-order chi connectivity index (χ0) is 13.6. The van der Waals surface area contributed by atoms with Crippen LogP contribution < -0.4 is 0 Å². The van der Waals surface area contributed by atoms with Gasteiger partial charge in [0.25, 0.3) is 0 Å². The van der Waals surface area contributed by atoms with E-state index in [1.807, 2.05) is 25.7 Å². The van der Waals surface area contributed by atoms with Gasteiger partial charge in [0, 0.05) is 19.9 Å². The number of carbonyl (C=O) groups is 1. The molecule has 2 atom stereocenters. The van der Waals surface area contributed by atoms with Crippen LogP contribution >= 0.6 is 0 Å². The molecule has 2 unspecified atom stereocenters. The molecule has 5 nitrogen and oxygen atoms in total. The molecule has 0 heterocycles. The SMILES string of the molecule is CC/C(=C(/C)C(=O)O)N(C(C)OC)C(C)OC. The summed E-state index contributed by atoms with van der Waals surface area (Å²) in [7, 11) is 3.17. The number of nitrogens with zero attached hydrogens (tertiary/aromatic N) is 1. The highest BCUT2D eigenvalue weighted by Crippen LogP contribution is 2.21. The summed E-state index contributed by atoms with van der Waals surface area (Å²) in [6, 6.07) is 0. The third kappa shape index (κ3) is 4.02. The first-order chi connectivity index (χ1) is 7.90. The summed E-state index contributed by atoms with van der Waals surface area (Å²) in [5.74, 6) is -0.918. The van der Waals surface area contributed by atoms with E-state index >= 15 is 0 Å². The Morgan fingerprint density at radius 3 is 1.88 bits per heavy atom. The van der Waals surface area contributed by atoms with Crippen LogP contribution in [0, 0.1) is 0 Å². The van der Waals surface area contributed by atoms with Gasteiger partial charge in [-0.15, -0.1) is 0 Å². The smallest absolute Gasteiger partial charge is 0.333 e. The van der Waals surface area contributed by atoms with E-state index in [0.29, 0.717) is 12.0 Å². The highest BCUT2D eigenvalue weighted by Gasteiger charge is 2.24. The largest absolute Gasteiger partial charge is 0.478 e. The molecule has 0 aliphatic heterocycles. The van der Waals surface area contributed by atoms with Crippen LogP contribution in [-0.2, 0) is 14.3 Å². The number of carboxylic acid groups (broad SMARTS) is 1. The highest BCUT2D eigenvalue weighted by molar-refractivity contribution is 5.86. The number of allylic oxidation sites excluding steroid dienone is 1. The van der Waals surface area contributed by atoms with Gasteiger partial charge in [0.2, 0.25) is 0 Å². The monoisotopic (exact) mass is 245 g/mol. The van der Waals surface area contributed by atoms with Gasteiger partial charge >= 0.3 is 5.97 Å². The van der Waals surface area contributed by atoms with E-state index in [1.54, 1.807) is 21.1 Å². The third-order valence-corrected chi connectivity index (χ3v) is 2.87. The summed E-state index contributed by atoms with van der Waals surface area (Å²) in [6.45, 7) is 7.24. The molecule has 0 spiro atoms. The summed E-state index contributed by atoms with van der Waals surface area (Å²) in [5.41, 5.74) is 1.04. The molecule has 0 aromatic carbocycles. The molecule has 0 bridgehead atoms. The first-order valence-corrected chi connectivity index (χ1v) is 5.67. The second kappa shape index (κ2) is 7.29. The molecule has 0 saturated carbocycles. The Bertz CT molecular complexity index is 278. The van der Waals surface area contributed by atoms with Gasteiger partial charge in [0.15, 0.2) is 0 Å². The van der Waals surface area contributed by atoms with E-state index in [-0.39, 0.29) is 12.5 Å². The van der Waals surface area contributed by atoms with Crippen molar-refractivity contribution in [2.24, 2.45) is 0 Å². The molecule has 0 aliphatic carbocycles. The fourth-order valence-corrected chi connectivity index (χ4v) is 1.73. The molecule has 0 saturated heterocycles. The lowest BCUT2D eigenvalue weighted by Gasteiger charge is -2.36. The second-order valence-electron chi connectivity index (χ2n) is 3.81.